The second-order valence-electron chi connectivity index (χ2n) is 5.44. The van der Waals surface area contributed by atoms with Crippen molar-refractivity contribution in [2.24, 2.45) is 0 Å². The SMILES string of the molecule is C=C(C)c1cccc(C(C)(C)n2c(=O)[nH]c(=O)[nH]c2=O)c1. The molecule has 110 valence electrons. The summed E-state index contributed by atoms with van der Waals surface area (Å²) in [5.41, 5.74) is -0.635. The minimum absolute atomic E-state index is 0.741. The van der Waals surface area contributed by atoms with E-state index in [-0.39, 0.29) is 0 Å². The average molecular weight is 287 g/mol. The van der Waals surface area contributed by atoms with Crippen LogP contribution < -0.4 is 17.1 Å². The van der Waals surface area contributed by atoms with E-state index in [1.807, 2.05) is 31.2 Å². The fraction of sp³-hybridized carbons (Fsp3) is 0.267. The van der Waals surface area contributed by atoms with Gasteiger partial charge in [-0.3, -0.25) is 9.97 Å². The molecule has 0 bridgehead atoms. The second-order valence-corrected chi connectivity index (χ2v) is 5.44. The molecule has 0 spiro atoms. The Balaban J connectivity index is 2.71. The summed E-state index contributed by atoms with van der Waals surface area (Å²) < 4.78 is 0.992. The summed E-state index contributed by atoms with van der Waals surface area (Å²) in [6, 6.07) is 7.44. The normalized spacial score (nSPS) is 11.4. The summed E-state index contributed by atoms with van der Waals surface area (Å²) in [6.07, 6.45) is 0. The molecule has 1 aromatic carbocycles. The molecule has 0 aliphatic rings. The van der Waals surface area contributed by atoms with Crippen molar-refractivity contribution >= 4 is 5.57 Å². The summed E-state index contributed by atoms with van der Waals surface area (Å²) >= 11 is 0. The molecule has 0 unspecified atom stereocenters. The molecule has 0 atom stereocenters. The Bertz CT molecular complexity index is 834. The Morgan fingerprint density at radius 2 is 1.71 bits per heavy atom. The van der Waals surface area contributed by atoms with Crippen molar-refractivity contribution in [2.75, 3.05) is 0 Å². The summed E-state index contributed by atoms with van der Waals surface area (Å²) in [4.78, 5) is 39.2. The first-order valence-electron chi connectivity index (χ1n) is 6.46. The molecule has 0 saturated heterocycles. The van der Waals surface area contributed by atoms with Crippen molar-refractivity contribution in [3.8, 4) is 0 Å². The van der Waals surface area contributed by atoms with E-state index < -0.39 is 22.6 Å². The van der Waals surface area contributed by atoms with Gasteiger partial charge < -0.3 is 0 Å². The molecule has 1 aromatic heterocycles. The molecule has 0 radical (unpaired) electrons. The van der Waals surface area contributed by atoms with Crippen LogP contribution >= 0.6 is 0 Å². The Morgan fingerprint density at radius 3 is 2.24 bits per heavy atom. The third-order valence-electron chi connectivity index (χ3n) is 3.47. The fourth-order valence-corrected chi connectivity index (χ4v) is 2.23. The van der Waals surface area contributed by atoms with E-state index in [2.05, 4.69) is 16.5 Å². The summed E-state index contributed by atoms with van der Waals surface area (Å²) in [6.45, 7) is 9.24. The number of aromatic amines is 2. The van der Waals surface area contributed by atoms with Crippen molar-refractivity contribution in [1.29, 1.82) is 0 Å². The number of H-pyrrole nitrogens is 2. The van der Waals surface area contributed by atoms with Crippen LogP contribution in [0.25, 0.3) is 5.57 Å². The topological polar surface area (TPSA) is 87.7 Å². The molecule has 0 fully saturated rings. The van der Waals surface area contributed by atoms with Gasteiger partial charge in [-0.15, -0.1) is 0 Å². The lowest BCUT2D eigenvalue weighted by molar-refractivity contribution is 0.390. The van der Waals surface area contributed by atoms with E-state index in [1.165, 1.54) is 0 Å². The van der Waals surface area contributed by atoms with Crippen LogP contribution in [0.1, 0.15) is 31.9 Å². The standard InChI is InChI=1S/C15H17N3O3/c1-9(2)10-6-5-7-11(8-10)15(3,4)18-13(20)16-12(19)17-14(18)21/h5-8H,1H2,2-4H3,(H2,16,17,19,20,21). The third kappa shape index (κ3) is 2.65. The fourth-order valence-electron chi connectivity index (χ4n) is 2.23. The smallest absolute Gasteiger partial charge is 0.259 e. The van der Waals surface area contributed by atoms with Crippen molar-refractivity contribution in [2.45, 2.75) is 26.3 Å². The number of hydrogen-bond acceptors (Lipinski definition) is 3. The highest BCUT2D eigenvalue weighted by molar-refractivity contribution is 5.62. The van der Waals surface area contributed by atoms with E-state index in [1.54, 1.807) is 13.8 Å². The van der Waals surface area contributed by atoms with Crippen molar-refractivity contribution in [1.82, 2.24) is 14.5 Å². The van der Waals surface area contributed by atoms with E-state index in [9.17, 15) is 14.4 Å². The molecule has 0 saturated carbocycles. The molecule has 2 rings (SSSR count). The van der Waals surface area contributed by atoms with E-state index in [0.717, 1.165) is 21.3 Å². The summed E-state index contributed by atoms with van der Waals surface area (Å²) in [5, 5.41) is 0. The zero-order valence-electron chi connectivity index (χ0n) is 12.2. The van der Waals surface area contributed by atoms with Gasteiger partial charge in [-0.1, -0.05) is 30.4 Å². The lowest BCUT2D eigenvalue weighted by atomic mass is 9.91. The maximum Gasteiger partial charge on any atom is 0.334 e. The number of nitrogens with one attached hydrogen (secondary N) is 2. The van der Waals surface area contributed by atoms with Crippen LogP contribution in [0.15, 0.2) is 45.2 Å². The van der Waals surface area contributed by atoms with Crippen LogP contribution in [0.5, 0.6) is 0 Å². The predicted octanol–water partition coefficient (Wildman–Crippen LogP) is 1.04. The number of aromatic nitrogens is 3. The number of benzene rings is 1. The van der Waals surface area contributed by atoms with Gasteiger partial charge in [-0.2, -0.15) is 0 Å². The van der Waals surface area contributed by atoms with Gasteiger partial charge in [-0.25, -0.2) is 19.0 Å². The van der Waals surface area contributed by atoms with Gasteiger partial charge in [0.2, 0.25) is 0 Å². The van der Waals surface area contributed by atoms with Gasteiger partial charge in [0.25, 0.3) is 0 Å². The molecule has 6 heteroatoms. The molecule has 6 nitrogen and oxygen atoms in total. The molecule has 2 aromatic rings. The molecule has 1 heterocycles. The van der Waals surface area contributed by atoms with Gasteiger partial charge in [-0.05, 0) is 38.0 Å². The number of rotatable bonds is 3. The van der Waals surface area contributed by atoms with Gasteiger partial charge in [0.15, 0.2) is 0 Å². The first-order chi connectivity index (χ1) is 9.73. The molecular formula is C15H17N3O3. The predicted molar refractivity (Wildman–Crippen MR) is 81.5 cm³/mol. The first-order valence-corrected chi connectivity index (χ1v) is 6.46. The Hall–Kier alpha value is -2.63. The van der Waals surface area contributed by atoms with Crippen molar-refractivity contribution in [3.63, 3.8) is 0 Å². The molecular weight excluding hydrogens is 270 g/mol. The molecule has 0 amide bonds. The zero-order valence-corrected chi connectivity index (χ0v) is 12.2. The average Bonchev–Trinajstić information content (AvgIpc) is 2.37. The third-order valence-corrected chi connectivity index (χ3v) is 3.47. The molecule has 0 aliphatic heterocycles. The van der Waals surface area contributed by atoms with Gasteiger partial charge >= 0.3 is 17.1 Å². The Morgan fingerprint density at radius 1 is 1.14 bits per heavy atom. The van der Waals surface area contributed by atoms with Gasteiger partial charge in [0.05, 0.1) is 5.54 Å². The Kier molecular flexibility index (Phi) is 3.55. The maximum atomic E-state index is 12.0. The molecule has 21 heavy (non-hydrogen) atoms. The van der Waals surface area contributed by atoms with Crippen molar-refractivity contribution < 1.29 is 0 Å². The van der Waals surface area contributed by atoms with Crippen LogP contribution in [0.2, 0.25) is 0 Å². The highest BCUT2D eigenvalue weighted by Crippen LogP contribution is 2.25. The van der Waals surface area contributed by atoms with Crippen LogP contribution in [-0.2, 0) is 5.54 Å². The lowest BCUT2D eigenvalue weighted by Gasteiger charge is -2.27. The van der Waals surface area contributed by atoms with Crippen LogP contribution in [0.3, 0.4) is 0 Å². The summed E-state index contributed by atoms with van der Waals surface area (Å²) in [7, 11) is 0. The maximum absolute atomic E-state index is 12.0. The van der Waals surface area contributed by atoms with Crippen LogP contribution in [0, 0.1) is 0 Å². The zero-order chi connectivity index (χ0) is 15.8. The Labute approximate surface area is 120 Å². The first kappa shape index (κ1) is 14.8. The number of hydrogen-bond donors (Lipinski definition) is 2. The highest BCUT2D eigenvalue weighted by Gasteiger charge is 2.27. The lowest BCUT2D eigenvalue weighted by Crippen LogP contribution is -2.51. The highest BCUT2D eigenvalue weighted by atomic mass is 16.2. The number of allylic oxidation sites excluding steroid dienone is 1. The van der Waals surface area contributed by atoms with Crippen molar-refractivity contribution in [3.05, 3.63) is 73.4 Å². The number of nitrogens with zero attached hydrogens (tertiary/aromatic N) is 1. The van der Waals surface area contributed by atoms with Crippen LogP contribution in [0.4, 0.5) is 0 Å². The van der Waals surface area contributed by atoms with E-state index >= 15 is 0 Å². The van der Waals surface area contributed by atoms with E-state index in [4.69, 9.17) is 0 Å². The summed E-state index contributed by atoms with van der Waals surface area (Å²) in [5.74, 6) is 0. The quantitative estimate of drug-likeness (QED) is 0.884. The second kappa shape index (κ2) is 5.05. The van der Waals surface area contributed by atoms with Gasteiger partial charge in [0.1, 0.15) is 0 Å². The van der Waals surface area contributed by atoms with Gasteiger partial charge in [0, 0.05) is 0 Å². The molecule has 2 N–H and O–H groups in total. The minimum Gasteiger partial charge on any atom is -0.259 e. The molecule has 0 aliphatic carbocycles. The monoisotopic (exact) mass is 287 g/mol. The van der Waals surface area contributed by atoms with E-state index in [0.29, 0.717) is 0 Å². The minimum atomic E-state index is -0.916. The largest absolute Gasteiger partial charge is 0.334 e. The van der Waals surface area contributed by atoms with Crippen LogP contribution in [-0.4, -0.2) is 14.5 Å².